The van der Waals surface area contributed by atoms with Crippen LogP contribution in [0.1, 0.15) is 53.8 Å². The van der Waals surface area contributed by atoms with Gasteiger partial charge in [0.05, 0.1) is 6.54 Å². The summed E-state index contributed by atoms with van der Waals surface area (Å²) in [6, 6.07) is 16.1. The van der Waals surface area contributed by atoms with Crippen LogP contribution in [0.5, 0.6) is 0 Å². The Balaban J connectivity index is 1.56. The number of carbonyl (C=O) groups is 1. The van der Waals surface area contributed by atoms with Gasteiger partial charge in [0.1, 0.15) is 17.0 Å². The van der Waals surface area contributed by atoms with E-state index in [1.807, 2.05) is 29.8 Å². The highest BCUT2D eigenvalue weighted by Crippen LogP contribution is 2.33. The number of carboxylic acids is 1. The van der Waals surface area contributed by atoms with Crippen molar-refractivity contribution in [2.24, 2.45) is 5.92 Å². The first-order chi connectivity index (χ1) is 18.8. The van der Waals surface area contributed by atoms with Gasteiger partial charge in [-0.25, -0.2) is 19.7 Å². The number of benzene rings is 2. The second-order valence-electron chi connectivity index (χ2n) is 10.2. The van der Waals surface area contributed by atoms with Gasteiger partial charge >= 0.3 is 5.97 Å². The minimum absolute atomic E-state index is 0.0884. The molecule has 0 radical (unpaired) electrons. The summed E-state index contributed by atoms with van der Waals surface area (Å²) in [7, 11) is 1.98. The third kappa shape index (κ3) is 5.98. The SMILES string of the molecule is C[C@@H](Nc1nc(C(=O)O)nc2nc(CN(C)Cc3ccccc3)n(Cc3ccc(N(F)F)cc3)c12)C1CCC1. The fourth-order valence-electron chi connectivity index (χ4n) is 4.93. The smallest absolute Gasteiger partial charge is 0.374 e. The summed E-state index contributed by atoms with van der Waals surface area (Å²) in [5, 5.41) is 12.2. The van der Waals surface area contributed by atoms with E-state index < -0.39 is 11.3 Å². The van der Waals surface area contributed by atoms with E-state index in [9.17, 15) is 18.9 Å². The van der Waals surface area contributed by atoms with E-state index >= 15 is 0 Å². The van der Waals surface area contributed by atoms with Crippen molar-refractivity contribution in [2.75, 3.05) is 17.7 Å². The third-order valence-electron chi connectivity index (χ3n) is 7.27. The highest BCUT2D eigenvalue weighted by Gasteiger charge is 2.27. The highest BCUT2D eigenvalue weighted by atomic mass is 19.4. The quantitative estimate of drug-likeness (QED) is 0.247. The summed E-state index contributed by atoms with van der Waals surface area (Å²) >= 11 is 0. The van der Waals surface area contributed by atoms with Gasteiger partial charge in [0.15, 0.2) is 11.5 Å². The number of nitrogens with zero attached hydrogens (tertiary/aromatic N) is 6. The first-order valence-corrected chi connectivity index (χ1v) is 13.0. The number of halogens is 2. The van der Waals surface area contributed by atoms with Crippen molar-refractivity contribution in [1.82, 2.24) is 24.4 Å². The Morgan fingerprint density at radius 1 is 1.05 bits per heavy atom. The van der Waals surface area contributed by atoms with Crippen LogP contribution in [0.2, 0.25) is 0 Å². The van der Waals surface area contributed by atoms with E-state index in [0.717, 1.165) is 24.0 Å². The third-order valence-corrected chi connectivity index (χ3v) is 7.27. The lowest BCUT2D eigenvalue weighted by Crippen LogP contribution is -2.31. The molecule has 0 unspecified atom stereocenters. The fourth-order valence-corrected chi connectivity index (χ4v) is 4.93. The van der Waals surface area contributed by atoms with Crippen LogP contribution in [0.25, 0.3) is 11.2 Å². The van der Waals surface area contributed by atoms with Gasteiger partial charge in [0.25, 0.3) is 0 Å². The molecule has 0 saturated heterocycles. The zero-order valence-corrected chi connectivity index (χ0v) is 21.9. The van der Waals surface area contributed by atoms with Gasteiger partial charge in [-0.3, -0.25) is 4.90 Å². The monoisotopic (exact) mass is 535 g/mol. The lowest BCUT2D eigenvalue weighted by atomic mass is 9.80. The molecule has 1 aliphatic carbocycles. The largest absolute Gasteiger partial charge is 0.475 e. The second kappa shape index (κ2) is 11.3. The minimum Gasteiger partial charge on any atom is -0.475 e. The maximum Gasteiger partial charge on any atom is 0.374 e. The van der Waals surface area contributed by atoms with E-state index in [0.29, 0.717) is 42.7 Å². The molecule has 2 N–H and O–H groups in total. The molecule has 11 heteroatoms. The van der Waals surface area contributed by atoms with Gasteiger partial charge in [0.2, 0.25) is 5.82 Å². The number of fused-ring (bicyclic) bond motifs is 1. The van der Waals surface area contributed by atoms with Crippen molar-refractivity contribution >= 4 is 28.6 Å². The van der Waals surface area contributed by atoms with Gasteiger partial charge in [-0.15, -0.1) is 0 Å². The Labute approximate surface area is 225 Å². The van der Waals surface area contributed by atoms with E-state index in [4.69, 9.17) is 4.98 Å². The molecule has 204 valence electrons. The van der Waals surface area contributed by atoms with E-state index in [1.165, 1.54) is 18.6 Å². The molecule has 0 aliphatic heterocycles. The van der Waals surface area contributed by atoms with E-state index in [1.54, 1.807) is 12.1 Å². The van der Waals surface area contributed by atoms with Crippen molar-refractivity contribution in [2.45, 2.75) is 51.9 Å². The van der Waals surface area contributed by atoms with Crippen LogP contribution < -0.4 is 10.7 Å². The molecule has 0 amide bonds. The van der Waals surface area contributed by atoms with Crippen molar-refractivity contribution in [1.29, 1.82) is 0 Å². The standard InChI is InChI=1S/C28H31F2N7O2/c1-18(21-9-6-10-21)31-25-24-26(34-27(33-25)28(38)39)32-23(17-35(2)15-19-7-4-3-5-8-19)36(24)16-20-11-13-22(14-12-20)37(29)30/h3-5,7-8,11-14,18,21H,6,9-10,15-17H2,1-2H3,(H,38,39)(H,31,33,34)/t18-/m1/s1. The maximum absolute atomic E-state index is 13.0. The lowest BCUT2D eigenvalue weighted by Gasteiger charge is -2.32. The Kier molecular flexibility index (Phi) is 7.69. The molecule has 2 heterocycles. The molecule has 1 atom stereocenters. The molecule has 1 aliphatic rings. The van der Waals surface area contributed by atoms with Crippen molar-refractivity contribution in [3.8, 4) is 0 Å². The summed E-state index contributed by atoms with van der Waals surface area (Å²) in [5.74, 6) is 0.00651. The van der Waals surface area contributed by atoms with Crippen LogP contribution in [-0.4, -0.2) is 48.6 Å². The summed E-state index contributed by atoms with van der Waals surface area (Å²) in [6.07, 6.45) is 3.39. The highest BCUT2D eigenvalue weighted by molar-refractivity contribution is 5.90. The van der Waals surface area contributed by atoms with Gasteiger partial charge in [-0.05, 0) is 61.3 Å². The molecule has 0 spiro atoms. The number of rotatable bonds is 11. The van der Waals surface area contributed by atoms with Crippen molar-refractivity contribution in [3.63, 3.8) is 0 Å². The van der Waals surface area contributed by atoms with Crippen LogP contribution in [0, 0.1) is 5.92 Å². The molecule has 39 heavy (non-hydrogen) atoms. The van der Waals surface area contributed by atoms with Crippen LogP contribution in [0.3, 0.4) is 0 Å². The molecular formula is C28H31F2N7O2. The molecule has 5 rings (SSSR count). The maximum atomic E-state index is 13.0. The number of nitrogens with one attached hydrogen (secondary N) is 1. The molecule has 1 saturated carbocycles. The van der Waals surface area contributed by atoms with Gasteiger partial charge in [0, 0.05) is 19.1 Å². The number of aromatic nitrogens is 4. The minimum atomic E-state index is -1.23. The predicted molar refractivity (Wildman–Crippen MR) is 145 cm³/mol. The number of carboxylic acid groups (broad SMARTS) is 1. The molecule has 2 aromatic heterocycles. The Morgan fingerprint density at radius 2 is 1.77 bits per heavy atom. The Bertz CT molecular complexity index is 1440. The number of anilines is 2. The average Bonchev–Trinajstić information content (AvgIpc) is 3.20. The molecular weight excluding hydrogens is 504 g/mol. The van der Waals surface area contributed by atoms with Crippen LogP contribution >= 0.6 is 0 Å². The van der Waals surface area contributed by atoms with Crippen LogP contribution in [0.4, 0.5) is 20.5 Å². The first kappa shape index (κ1) is 26.5. The zero-order chi connectivity index (χ0) is 27.5. The van der Waals surface area contributed by atoms with Gasteiger partial charge in [-0.2, -0.15) is 0 Å². The van der Waals surface area contributed by atoms with Gasteiger partial charge in [-0.1, -0.05) is 57.8 Å². The number of imidazole rings is 1. The van der Waals surface area contributed by atoms with Gasteiger partial charge < -0.3 is 15.0 Å². The summed E-state index contributed by atoms with van der Waals surface area (Å²) in [6.45, 7) is 3.53. The van der Waals surface area contributed by atoms with Crippen molar-refractivity contribution < 1.29 is 18.9 Å². The number of aromatic carboxylic acids is 1. The number of hydrogen-bond acceptors (Lipinski definition) is 7. The Morgan fingerprint density at radius 3 is 2.38 bits per heavy atom. The molecule has 4 aromatic rings. The van der Waals surface area contributed by atoms with Crippen LogP contribution in [0.15, 0.2) is 54.6 Å². The number of hydrogen-bond donors (Lipinski definition) is 2. The lowest BCUT2D eigenvalue weighted by molar-refractivity contribution is 0.0684. The topological polar surface area (TPSA) is 99.4 Å². The van der Waals surface area contributed by atoms with Crippen LogP contribution in [-0.2, 0) is 19.6 Å². The van der Waals surface area contributed by atoms with E-state index in [-0.39, 0.29) is 23.2 Å². The second-order valence-corrected chi connectivity index (χ2v) is 10.2. The molecule has 9 nitrogen and oxygen atoms in total. The summed E-state index contributed by atoms with van der Waals surface area (Å²) in [4.78, 5) is 27.4. The average molecular weight is 536 g/mol. The molecule has 1 fully saturated rings. The van der Waals surface area contributed by atoms with E-state index in [2.05, 4.69) is 39.2 Å². The molecule has 0 bridgehead atoms. The fraction of sp³-hybridized carbons (Fsp3) is 0.357. The summed E-state index contributed by atoms with van der Waals surface area (Å²) in [5.41, 5.74) is 2.60. The Hall–Kier alpha value is -4.12. The zero-order valence-electron chi connectivity index (χ0n) is 21.9. The van der Waals surface area contributed by atoms with Crippen molar-refractivity contribution in [3.05, 3.63) is 77.4 Å². The normalized spacial score (nSPS) is 14.4. The predicted octanol–water partition coefficient (Wildman–Crippen LogP) is 5.38. The molecule has 2 aromatic carbocycles. The first-order valence-electron chi connectivity index (χ1n) is 13.0. The summed E-state index contributed by atoms with van der Waals surface area (Å²) < 4.78 is 27.9.